The number of nitrogens with two attached hydrogens (primary N) is 1. The van der Waals surface area contributed by atoms with E-state index in [0.717, 1.165) is 12.8 Å². The summed E-state index contributed by atoms with van der Waals surface area (Å²) in [6.07, 6.45) is 2.20. The van der Waals surface area contributed by atoms with Crippen molar-refractivity contribution in [2.75, 3.05) is 0 Å². The lowest BCUT2D eigenvalue weighted by molar-refractivity contribution is 0.638. The van der Waals surface area contributed by atoms with Crippen LogP contribution in [-0.4, -0.2) is 0 Å². The third-order valence-electron chi connectivity index (χ3n) is 1.77. The van der Waals surface area contributed by atoms with Gasteiger partial charge in [0.1, 0.15) is 0 Å². The highest BCUT2D eigenvalue weighted by atomic mass is 14.6. The van der Waals surface area contributed by atoms with Crippen LogP contribution in [0.25, 0.3) is 0 Å². The zero-order valence-corrected chi connectivity index (χ0v) is 6.88. The molecule has 0 aliphatic heterocycles. The van der Waals surface area contributed by atoms with E-state index in [1.54, 1.807) is 0 Å². The molecule has 0 bridgehead atoms. The van der Waals surface area contributed by atoms with E-state index in [1.807, 2.05) is 24.3 Å². The maximum absolute atomic E-state index is 5.89. The molecule has 0 amide bonds. The van der Waals surface area contributed by atoms with Gasteiger partial charge in [0.05, 0.1) is 0 Å². The molecule has 1 unspecified atom stereocenters. The fourth-order valence-corrected chi connectivity index (χ4v) is 1.12. The monoisotopic (exact) mass is 148 g/mol. The fraction of sp³-hybridized carbons (Fsp3) is 0.400. The highest BCUT2D eigenvalue weighted by Crippen LogP contribution is 2.13. The molecule has 1 heteroatoms. The molecule has 1 atom stereocenters. The van der Waals surface area contributed by atoms with Crippen molar-refractivity contribution in [3.05, 3.63) is 35.9 Å². The molecule has 0 heterocycles. The van der Waals surface area contributed by atoms with Gasteiger partial charge in [-0.3, -0.25) is 0 Å². The molecule has 0 fully saturated rings. The molecule has 1 aromatic carbocycles. The van der Waals surface area contributed by atoms with Crippen LogP contribution >= 0.6 is 0 Å². The molecule has 1 nitrogen and oxygen atoms in total. The van der Waals surface area contributed by atoms with Gasteiger partial charge in [0.25, 0.3) is 0 Å². The van der Waals surface area contributed by atoms with Gasteiger partial charge in [-0.2, -0.15) is 0 Å². The minimum atomic E-state index is 0.203. The van der Waals surface area contributed by atoms with Crippen molar-refractivity contribution in [2.45, 2.75) is 25.8 Å². The molecule has 59 valence electrons. The summed E-state index contributed by atoms with van der Waals surface area (Å²) in [4.78, 5) is 0. The van der Waals surface area contributed by atoms with Gasteiger partial charge in [0.2, 0.25) is 0 Å². The Labute approximate surface area is 68.2 Å². The Bertz CT molecular complexity index is 193. The van der Waals surface area contributed by atoms with Gasteiger partial charge < -0.3 is 5.73 Å². The van der Waals surface area contributed by atoms with Crippen molar-refractivity contribution in [3.63, 3.8) is 0 Å². The lowest BCUT2D eigenvalue weighted by Crippen LogP contribution is -2.08. The molecule has 1 rings (SSSR count). The summed E-state index contributed by atoms with van der Waals surface area (Å²) in [5, 5.41) is 0. The van der Waals surface area contributed by atoms with E-state index in [9.17, 15) is 0 Å². The van der Waals surface area contributed by atoms with E-state index in [1.165, 1.54) is 5.56 Å². The van der Waals surface area contributed by atoms with Gasteiger partial charge in [-0.1, -0.05) is 37.6 Å². The van der Waals surface area contributed by atoms with Crippen molar-refractivity contribution in [3.8, 4) is 0 Å². The molecule has 0 aliphatic carbocycles. The van der Waals surface area contributed by atoms with Crippen LogP contribution in [0.1, 0.15) is 31.4 Å². The quantitative estimate of drug-likeness (QED) is 0.699. The smallest absolute Gasteiger partial charge is 0.0294 e. The molecule has 0 saturated carbocycles. The average molecular weight is 148 g/mol. The molecule has 0 spiro atoms. The highest BCUT2D eigenvalue weighted by molar-refractivity contribution is 5.17. The second-order valence-electron chi connectivity index (χ2n) is 2.73. The van der Waals surface area contributed by atoms with Gasteiger partial charge in [0.15, 0.2) is 0 Å². The van der Waals surface area contributed by atoms with Crippen LogP contribution in [0.4, 0.5) is 0 Å². The van der Waals surface area contributed by atoms with Crippen molar-refractivity contribution in [1.82, 2.24) is 0 Å². The number of benzene rings is 1. The molecule has 1 aromatic rings. The number of hydrogen-bond donors (Lipinski definition) is 1. The lowest BCUT2D eigenvalue weighted by Gasteiger charge is -2.09. The van der Waals surface area contributed by atoms with Crippen molar-refractivity contribution >= 4 is 0 Å². The molecule has 11 heavy (non-hydrogen) atoms. The van der Waals surface area contributed by atoms with Gasteiger partial charge in [0, 0.05) is 6.04 Å². The average Bonchev–Trinajstić information content (AvgIpc) is 2.07. The Balaban J connectivity index is 2.61. The van der Waals surface area contributed by atoms with Gasteiger partial charge in [-0.15, -0.1) is 0 Å². The molecular weight excluding hydrogens is 134 g/mol. The Morgan fingerprint density at radius 3 is 2.64 bits per heavy atom. The first kappa shape index (κ1) is 8.28. The predicted octanol–water partition coefficient (Wildman–Crippen LogP) is 2.29. The second kappa shape index (κ2) is 4.14. The van der Waals surface area contributed by atoms with E-state index in [4.69, 9.17) is 5.73 Å². The molecule has 0 saturated heterocycles. The summed E-state index contributed by atoms with van der Waals surface area (Å²) in [7, 11) is 0. The SMILES string of the molecule is CCCC(N)c1cc[c]cc1. The first-order valence-electron chi connectivity index (χ1n) is 4.06. The minimum Gasteiger partial charge on any atom is -0.324 e. The van der Waals surface area contributed by atoms with E-state index in [-0.39, 0.29) is 6.04 Å². The lowest BCUT2D eigenvalue weighted by atomic mass is 10.0. The molecule has 1 radical (unpaired) electrons. The van der Waals surface area contributed by atoms with Crippen LogP contribution in [0.2, 0.25) is 0 Å². The third-order valence-corrected chi connectivity index (χ3v) is 1.77. The van der Waals surface area contributed by atoms with Crippen LogP contribution in [0.15, 0.2) is 24.3 Å². The van der Waals surface area contributed by atoms with Crippen LogP contribution < -0.4 is 5.73 Å². The van der Waals surface area contributed by atoms with E-state index >= 15 is 0 Å². The van der Waals surface area contributed by atoms with Crippen molar-refractivity contribution in [1.29, 1.82) is 0 Å². The first-order chi connectivity index (χ1) is 5.34. The second-order valence-corrected chi connectivity index (χ2v) is 2.73. The number of hydrogen-bond acceptors (Lipinski definition) is 1. The standard InChI is InChI=1S/C10H14N/c1-2-6-10(11)9-7-4-3-5-8-9/h4-5,7-8,10H,2,6,11H2,1H3. The summed E-state index contributed by atoms with van der Waals surface area (Å²) in [5.74, 6) is 0. The van der Waals surface area contributed by atoms with Crippen LogP contribution in [0.3, 0.4) is 0 Å². The van der Waals surface area contributed by atoms with E-state index in [2.05, 4.69) is 13.0 Å². The number of rotatable bonds is 3. The molecule has 0 aliphatic rings. The Morgan fingerprint density at radius 2 is 2.09 bits per heavy atom. The van der Waals surface area contributed by atoms with Crippen molar-refractivity contribution in [2.24, 2.45) is 5.73 Å². The molecule has 2 N–H and O–H groups in total. The zero-order chi connectivity index (χ0) is 8.10. The Kier molecular flexibility index (Phi) is 3.12. The molecular formula is C10H14N. The zero-order valence-electron chi connectivity index (χ0n) is 6.88. The van der Waals surface area contributed by atoms with Crippen LogP contribution in [-0.2, 0) is 0 Å². The fourth-order valence-electron chi connectivity index (χ4n) is 1.12. The van der Waals surface area contributed by atoms with E-state index in [0.29, 0.717) is 0 Å². The largest absolute Gasteiger partial charge is 0.324 e. The minimum absolute atomic E-state index is 0.203. The predicted molar refractivity (Wildman–Crippen MR) is 47.1 cm³/mol. The molecule has 0 aromatic heterocycles. The van der Waals surface area contributed by atoms with E-state index < -0.39 is 0 Å². The third kappa shape index (κ3) is 2.35. The van der Waals surface area contributed by atoms with Gasteiger partial charge in [-0.05, 0) is 18.1 Å². The topological polar surface area (TPSA) is 26.0 Å². The first-order valence-corrected chi connectivity index (χ1v) is 4.06. The summed E-state index contributed by atoms with van der Waals surface area (Å²) in [6.45, 7) is 2.15. The van der Waals surface area contributed by atoms with Crippen molar-refractivity contribution < 1.29 is 0 Å². The highest BCUT2D eigenvalue weighted by Gasteiger charge is 2.01. The summed E-state index contributed by atoms with van der Waals surface area (Å²) >= 11 is 0. The summed E-state index contributed by atoms with van der Waals surface area (Å²) < 4.78 is 0. The Hall–Kier alpha value is -0.820. The van der Waals surface area contributed by atoms with Crippen LogP contribution in [0, 0.1) is 6.07 Å². The normalized spacial score (nSPS) is 12.9. The summed E-state index contributed by atoms with van der Waals surface area (Å²) in [6, 6.07) is 11.0. The van der Waals surface area contributed by atoms with Crippen LogP contribution in [0.5, 0.6) is 0 Å². The maximum atomic E-state index is 5.89. The Morgan fingerprint density at radius 1 is 1.45 bits per heavy atom. The maximum Gasteiger partial charge on any atom is 0.0294 e. The summed E-state index contributed by atoms with van der Waals surface area (Å²) in [5.41, 5.74) is 7.11. The van der Waals surface area contributed by atoms with Gasteiger partial charge in [-0.25, -0.2) is 0 Å². The van der Waals surface area contributed by atoms with Gasteiger partial charge >= 0.3 is 0 Å².